The second kappa shape index (κ2) is 5.58. The van der Waals surface area contributed by atoms with E-state index >= 15 is 0 Å². The Balaban J connectivity index is 1.68. The van der Waals surface area contributed by atoms with Crippen LogP contribution in [0.3, 0.4) is 0 Å². The van der Waals surface area contributed by atoms with Crippen LogP contribution in [0.5, 0.6) is 0 Å². The molecule has 0 N–H and O–H groups in total. The topological polar surface area (TPSA) is 30.2 Å². The summed E-state index contributed by atoms with van der Waals surface area (Å²) in [6.45, 7) is 0. The van der Waals surface area contributed by atoms with Crippen LogP contribution in [-0.2, 0) is 0 Å². The Morgan fingerprint density at radius 1 is 0.613 bits per heavy atom. The van der Waals surface area contributed by atoms with E-state index in [2.05, 4.69) is 64.0 Å². The number of pyridine rings is 2. The van der Waals surface area contributed by atoms with Gasteiger partial charge in [-0.3, -0.25) is 9.38 Å². The molecule has 0 aliphatic rings. The average molecular weight is 432 g/mol. The Hall–Kier alpha value is -3.54. The van der Waals surface area contributed by atoms with Gasteiger partial charge in [-0.05, 0) is 24.3 Å². The molecule has 0 aliphatic heterocycles. The van der Waals surface area contributed by atoms with Crippen LogP contribution in [0.4, 0.5) is 0 Å². The van der Waals surface area contributed by atoms with Crippen LogP contribution in [0.1, 0.15) is 0 Å². The molecule has 0 atom stereocenters. The second-order valence-corrected chi connectivity index (χ2v) is 9.98. The molecule has 5 heteroatoms. The number of hydrogen-bond acceptors (Lipinski definition) is 4. The van der Waals surface area contributed by atoms with E-state index in [0.29, 0.717) is 0 Å². The molecular formula is C26H13N3S2. The summed E-state index contributed by atoms with van der Waals surface area (Å²) < 4.78 is 7.60. The summed E-state index contributed by atoms with van der Waals surface area (Å²) in [6.07, 6.45) is 5.76. The molecule has 0 radical (unpaired) electrons. The first kappa shape index (κ1) is 16.2. The molecule has 0 spiro atoms. The van der Waals surface area contributed by atoms with Gasteiger partial charge in [0.2, 0.25) is 0 Å². The van der Waals surface area contributed by atoms with E-state index < -0.39 is 0 Å². The predicted octanol–water partition coefficient (Wildman–Crippen LogP) is 7.77. The fraction of sp³-hybridized carbons (Fsp3) is 0. The maximum atomic E-state index is 4.70. The summed E-state index contributed by atoms with van der Waals surface area (Å²) in [4.78, 5) is 9.30. The highest BCUT2D eigenvalue weighted by Gasteiger charge is 2.18. The van der Waals surface area contributed by atoms with Gasteiger partial charge in [0.1, 0.15) is 5.52 Å². The summed E-state index contributed by atoms with van der Waals surface area (Å²) in [5, 5.41) is 7.78. The lowest BCUT2D eigenvalue weighted by Crippen LogP contribution is -1.92. The van der Waals surface area contributed by atoms with E-state index in [1.54, 1.807) is 0 Å². The molecule has 0 fully saturated rings. The third-order valence-corrected chi connectivity index (χ3v) is 8.84. The number of benzene rings is 3. The van der Waals surface area contributed by atoms with Crippen molar-refractivity contribution in [3.05, 3.63) is 79.3 Å². The summed E-state index contributed by atoms with van der Waals surface area (Å²) >= 11 is 3.80. The smallest absolute Gasteiger partial charge is 0.163 e. The van der Waals surface area contributed by atoms with Crippen molar-refractivity contribution in [2.24, 2.45) is 0 Å². The van der Waals surface area contributed by atoms with Gasteiger partial charge in [-0.25, -0.2) is 4.98 Å². The van der Waals surface area contributed by atoms with Gasteiger partial charge in [0, 0.05) is 60.3 Å². The predicted molar refractivity (Wildman–Crippen MR) is 134 cm³/mol. The monoisotopic (exact) mass is 431 g/mol. The highest BCUT2D eigenvalue weighted by molar-refractivity contribution is 7.33. The molecule has 0 unspecified atom stereocenters. The molecule has 0 aliphatic carbocycles. The number of hydrogen-bond donors (Lipinski definition) is 0. The summed E-state index contributed by atoms with van der Waals surface area (Å²) in [6, 6.07) is 22.0. The van der Waals surface area contributed by atoms with Crippen molar-refractivity contribution < 1.29 is 0 Å². The Morgan fingerprint density at radius 3 is 2.45 bits per heavy atom. The van der Waals surface area contributed by atoms with Crippen molar-refractivity contribution in [2.45, 2.75) is 0 Å². The van der Waals surface area contributed by atoms with Gasteiger partial charge in [-0.15, -0.1) is 22.7 Å². The number of imidazole rings is 1. The molecule has 31 heavy (non-hydrogen) atoms. The molecule has 8 aromatic rings. The van der Waals surface area contributed by atoms with Gasteiger partial charge in [0.15, 0.2) is 5.65 Å². The quantitative estimate of drug-likeness (QED) is 0.230. The molecule has 0 bridgehead atoms. The van der Waals surface area contributed by atoms with Gasteiger partial charge in [-0.1, -0.05) is 36.4 Å². The van der Waals surface area contributed by atoms with Crippen LogP contribution in [0.2, 0.25) is 0 Å². The minimum absolute atomic E-state index is 0.911. The number of aromatic nitrogens is 3. The molecule has 3 nitrogen and oxygen atoms in total. The fourth-order valence-corrected chi connectivity index (χ4v) is 7.58. The van der Waals surface area contributed by atoms with Crippen LogP contribution in [-0.4, -0.2) is 14.4 Å². The summed E-state index contributed by atoms with van der Waals surface area (Å²) in [7, 11) is 0. The minimum atomic E-state index is 0.911. The maximum absolute atomic E-state index is 4.70. The minimum Gasteiger partial charge on any atom is -0.298 e. The van der Waals surface area contributed by atoms with Crippen molar-refractivity contribution in [2.75, 3.05) is 0 Å². The van der Waals surface area contributed by atoms with Crippen LogP contribution in [0.25, 0.3) is 67.8 Å². The Bertz CT molecular complexity index is 2010. The van der Waals surface area contributed by atoms with Crippen molar-refractivity contribution in [3.63, 3.8) is 0 Å². The number of nitrogens with zero attached hydrogens (tertiary/aromatic N) is 3. The molecule has 3 aromatic carbocycles. The van der Waals surface area contributed by atoms with Crippen LogP contribution in [0, 0.1) is 0 Å². The number of rotatable bonds is 0. The third kappa shape index (κ3) is 1.93. The number of fused-ring (bicyclic) bond motifs is 14. The lowest BCUT2D eigenvalue weighted by molar-refractivity contribution is 1.26. The summed E-state index contributed by atoms with van der Waals surface area (Å²) in [5.74, 6) is 0. The first-order valence-corrected chi connectivity index (χ1v) is 11.8. The number of thiophene rings is 2. The van der Waals surface area contributed by atoms with Crippen molar-refractivity contribution >= 4 is 90.5 Å². The van der Waals surface area contributed by atoms with E-state index in [1.165, 1.54) is 51.2 Å². The second-order valence-electron chi connectivity index (χ2n) is 7.87. The van der Waals surface area contributed by atoms with E-state index in [1.807, 2.05) is 47.3 Å². The van der Waals surface area contributed by atoms with Crippen molar-refractivity contribution in [1.29, 1.82) is 0 Å². The lowest BCUT2D eigenvalue weighted by atomic mass is 10.0. The Morgan fingerprint density at radius 2 is 1.45 bits per heavy atom. The third-order valence-electron chi connectivity index (χ3n) is 6.32. The van der Waals surface area contributed by atoms with Crippen LogP contribution < -0.4 is 0 Å². The van der Waals surface area contributed by atoms with Crippen molar-refractivity contribution in [1.82, 2.24) is 14.4 Å². The zero-order chi connectivity index (χ0) is 20.1. The van der Waals surface area contributed by atoms with Gasteiger partial charge >= 0.3 is 0 Å². The van der Waals surface area contributed by atoms with E-state index in [0.717, 1.165) is 16.6 Å². The standard InChI is InChI=1S/C26H13N3S2/c1-2-6-19-14(4-1)15-7-8-17-22-20(31-25(17)24(15)30-19)10-9-18-21(22)16-5-3-11-27-23(16)26-28-12-13-29(18)26/h1-13H. The summed E-state index contributed by atoms with van der Waals surface area (Å²) in [5.41, 5.74) is 3.04. The maximum Gasteiger partial charge on any atom is 0.163 e. The zero-order valence-corrected chi connectivity index (χ0v) is 17.8. The SMILES string of the molecule is c1ccc2c(c1)sc1c2ccc2c1sc1ccc3c(c4cccnc4c4nccn34)c12. The van der Waals surface area contributed by atoms with Gasteiger partial charge < -0.3 is 0 Å². The molecule has 0 amide bonds. The first-order chi connectivity index (χ1) is 15.4. The molecule has 144 valence electrons. The molecule has 5 heterocycles. The zero-order valence-electron chi connectivity index (χ0n) is 16.2. The highest BCUT2D eigenvalue weighted by Crippen LogP contribution is 2.47. The molecule has 0 saturated heterocycles. The first-order valence-electron chi connectivity index (χ1n) is 10.2. The van der Waals surface area contributed by atoms with Crippen molar-refractivity contribution in [3.8, 4) is 0 Å². The van der Waals surface area contributed by atoms with Crippen LogP contribution in [0.15, 0.2) is 79.3 Å². The van der Waals surface area contributed by atoms with E-state index in [9.17, 15) is 0 Å². The normalized spacial score (nSPS) is 12.5. The highest BCUT2D eigenvalue weighted by atomic mass is 32.1. The van der Waals surface area contributed by atoms with E-state index in [-0.39, 0.29) is 0 Å². The fourth-order valence-electron chi connectivity index (χ4n) is 5.03. The molecule has 5 aromatic heterocycles. The Kier molecular flexibility index (Phi) is 2.91. The van der Waals surface area contributed by atoms with E-state index in [4.69, 9.17) is 4.98 Å². The lowest BCUT2D eigenvalue weighted by Gasteiger charge is -2.09. The molecule has 8 rings (SSSR count). The van der Waals surface area contributed by atoms with Gasteiger partial charge in [-0.2, -0.15) is 0 Å². The largest absolute Gasteiger partial charge is 0.298 e. The van der Waals surface area contributed by atoms with Gasteiger partial charge in [0.25, 0.3) is 0 Å². The molecular weight excluding hydrogens is 418 g/mol. The van der Waals surface area contributed by atoms with Gasteiger partial charge in [0.05, 0.1) is 14.9 Å². The van der Waals surface area contributed by atoms with Crippen LogP contribution >= 0.6 is 22.7 Å². The Labute approximate surface area is 183 Å². The average Bonchev–Trinajstić information content (AvgIpc) is 3.53. The molecule has 0 saturated carbocycles.